The number of rotatable bonds is 3. The summed E-state index contributed by atoms with van der Waals surface area (Å²) in [4.78, 5) is 5.98. The Morgan fingerprint density at radius 3 is 2.50 bits per heavy atom. The van der Waals surface area contributed by atoms with Crippen LogP contribution in [0, 0.1) is 0 Å². The Bertz CT molecular complexity index is 437. The second-order valence-electron chi connectivity index (χ2n) is 3.68. The van der Waals surface area contributed by atoms with Crippen molar-refractivity contribution in [1.29, 1.82) is 0 Å². The minimum absolute atomic E-state index is 0.375. The van der Waals surface area contributed by atoms with E-state index in [2.05, 4.69) is 11.6 Å². The highest BCUT2D eigenvalue weighted by Gasteiger charge is 2.05. The number of pyridine rings is 1. The van der Waals surface area contributed by atoms with Gasteiger partial charge >= 0.3 is 0 Å². The van der Waals surface area contributed by atoms with Crippen molar-refractivity contribution in [3.8, 4) is 0 Å². The maximum atomic E-state index is 5.99. The zero-order chi connectivity index (χ0) is 12.3. The standard InChI is InChI=1S/C12H14Cl2N2/c1-8(7-9(2)16(3)4)10-5-6-11(13)15-12(10)14/h5-7H,1H2,2-4H3/b9-7+. The lowest BCUT2D eigenvalue weighted by Gasteiger charge is -2.13. The van der Waals surface area contributed by atoms with E-state index in [0.29, 0.717) is 10.3 Å². The van der Waals surface area contributed by atoms with Crippen LogP contribution >= 0.6 is 23.2 Å². The number of allylic oxidation sites excluding steroid dienone is 3. The monoisotopic (exact) mass is 256 g/mol. The molecule has 0 saturated carbocycles. The molecule has 0 aliphatic heterocycles. The minimum atomic E-state index is 0.375. The predicted molar refractivity (Wildman–Crippen MR) is 70.7 cm³/mol. The average Bonchev–Trinajstić information content (AvgIpc) is 2.16. The van der Waals surface area contributed by atoms with Crippen LogP contribution in [0.2, 0.25) is 10.3 Å². The first-order valence-corrected chi connectivity index (χ1v) is 5.54. The number of hydrogen-bond acceptors (Lipinski definition) is 2. The molecular weight excluding hydrogens is 243 g/mol. The van der Waals surface area contributed by atoms with Crippen molar-refractivity contribution in [3.63, 3.8) is 0 Å². The largest absolute Gasteiger partial charge is 0.381 e. The molecule has 0 unspecified atom stereocenters. The Morgan fingerprint density at radius 1 is 1.38 bits per heavy atom. The molecule has 0 atom stereocenters. The van der Waals surface area contributed by atoms with Gasteiger partial charge in [-0.1, -0.05) is 29.8 Å². The maximum absolute atomic E-state index is 5.99. The van der Waals surface area contributed by atoms with Crippen molar-refractivity contribution in [2.45, 2.75) is 6.92 Å². The molecule has 0 N–H and O–H groups in total. The highest BCUT2D eigenvalue weighted by atomic mass is 35.5. The number of hydrogen-bond donors (Lipinski definition) is 0. The second-order valence-corrected chi connectivity index (χ2v) is 4.42. The number of nitrogens with zero attached hydrogens (tertiary/aromatic N) is 2. The van der Waals surface area contributed by atoms with Crippen LogP contribution in [0.15, 0.2) is 30.5 Å². The molecule has 0 aliphatic carbocycles. The molecule has 0 radical (unpaired) electrons. The molecule has 0 bridgehead atoms. The predicted octanol–water partition coefficient (Wildman–Crippen LogP) is 3.87. The van der Waals surface area contributed by atoms with Crippen LogP contribution in [0.3, 0.4) is 0 Å². The summed E-state index contributed by atoms with van der Waals surface area (Å²) < 4.78 is 0. The van der Waals surface area contributed by atoms with Crippen molar-refractivity contribution >= 4 is 28.8 Å². The topological polar surface area (TPSA) is 16.1 Å². The molecule has 1 rings (SSSR count). The van der Waals surface area contributed by atoms with Crippen LogP contribution in [-0.2, 0) is 0 Å². The van der Waals surface area contributed by atoms with Crippen LogP contribution in [0.25, 0.3) is 5.57 Å². The van der Waals surface area contributed by atoms with Crippen molar-refractivity contribution in [2.75, 3.05) is 14.1 Å². The van der Waals surface area contributed by atoms with Crippen molar-refractivity contribution in [3.05, 3.63) is 46.4 Å². The zero-order valence-electron chi connectivity index (χ0n) is 9.59. The first-order valence-electron chi connectivity index (χ1n) is 4.78. The van der Waals surface area contributed by atoms with E-state index in [1.54, 1.807) is 6.07 Å². The second kappa shape index (κ2) is 5.37. The number of aromatic nitrogens is 1. The lowest BCUT2D eigenvalue weighted by Crippen LogP contribution is -2.08. The van der Waals surface area contributed by atoms with Gasteiger partial charge in [0.1, 0.15) is 10.3 Å². The van der Waals surface area contributed by atoms with E-state index in [-0.39, 0.29) is 0 Å². The van der Waals surface area contributed by atoms with Crippen molar-refractivity contribution in [1.82, 2.24) is 9.88 Å². The Balaban J connectivity index is 3.02. The lowest BCUT2D eigenvalue weighted by molar-refractivity contribution is 0.514. The Kier molecular flexibility index (Phi) is 4.39. The third kappa shape index (κ3) is 3.26. The van der Waals surface area contributed by atoms with Gasteiger partial charge in [-0.15, -0.1) is 0 Å². The Hall–Kier alpha value is -0.990. The molecule has 4 heteroatoms. The van der Waals surface area contributed by atoms with Crippen molar-refractivity contribution < 1.29 is 0 Å². The first kappa shape index (κ1) is 13.1. The molecule has 1 aromatic heterocycles. The fourth-order valence-electron chi connectivity index (χ4n) is 1.11. The molecule has 1 aromatic rings. The zero-order valence-corrected chi connectivity index (χ0v) is 11.1. The van der Waals surface area contributed by atoms with Gasteiger partial charge in [0.05, 0.1) is 0 Å². The van der Waals surface area contributed by atoms with Gasteiger partial charge in [0.25, 0.3) is 0 Å². The van der Waals surface area contributed by atoms with Crippen LogP contribution in [0.4, 0.5) is 0 Å². The summed E-state index contributed by atoms with van der Waals surface area (Å²) >= 11 is 11.7. The summed E-state index contributed by atoms with van der Waals surface area (Å²) in [6.45, 7) is 5.97. The minimum Gasteiger partial charge on any atom is -0.381 e. The van der Waals surface area contributed by atoms with Gasteiger partial charge in [-0.25, -0.2) is 4.98 Å². The van der Waals surface area contributed by atoms with Gasteiger partial charge in [-0.2, -0.15) is 0 Å². The molecule has 0 amide bonds. The van der Waals surface area contributed by atoms with E-state index in [0.717, 1.165) is 16.8 Å². The van der Waals surface area contributed by atoms with Gasteiger partial charge in [0, 0.05) is 25.4 Å². The summed E-state index contributed by atoms with van der Waals surface area (Å²) in [6.07, 6.45) is 1.96. The summed E-state index contributed by atoms with van der Waals surface area (Å²) in [5.74, 6) is 0. The molecule has 1 heterocycles. The normalized spacial score (nSPS) is 11.4. The van der Waals surface area contributed by atoms with Crippen LogP contribution in [0.1, 0.15) is 12.5 Å². The van der Waals surface area contributed by atoms with E-state index in [1.165, 1.54) is 0 Å². The molecule has 0 aliphatic rings. The highest BCUT2D eigenvalue weighted by molar-refractivity contribution is 6.33. The van der Waals surface area contributed by atoms with Crippen molar-refractivity contribution in [2.24, 2.45) is 0 Å². The van der Waals surface area contributed by atoms with E-state index in [4.69, 9.17) is 23.2 Å². The summed E-state index contributed by atoms with van der Waals surface area (Å²) in [5, 5.41) is 0.759. The fourth-order valence-corrected chi connectivity index (χ4v) is 1.58. The van der Waals surface area contributed by atoms with E-state index in [9.17, 15) is 0 Å². The summed E-state index contributed by atoms with van der Waals surface area (Å²) in [6, 6.07) is 3.52. The van der Waals surface area contributed by atoms with Gasteiger partial charge in [0.15, 0.2) is 0 Å². The van der Waals surface area contributed by atoms with Gasteiger partial charge in [0.2, 0.25) is 0 Å². The van der Waals surface area contributed by atoms with Crippen LogP contribution in [-0.4, -0.2) is 24.0 Å². The molecule has 2 nitrogen and oxygen atoms in total. The van der Waals surface area contributed by atoms with Crippen LogP contribution in [0.5, 0.6) is 0 Å². The Morgan fingerprint density at radius 2 is 2.00 bits per heavy atom. The van der Waals surface area contributed by atoms with E-state index >= 15 is 0 Å². The quantitative estimate of drug-likeness (QED) is 0.603. The van der Waals surface area contributed by atoms with Gasteiger partial charge in [-0.3, -0.25) is 0 Å². The Labute approximate surface area is 106 Å². The average molecular weight is 257 g/mol. The fraction of sp³-hybridized carbons (Fsp3) is 0.250. The van der Waals surface area contributed by atoms with E-state index < -0.39 is 0 Å². The molecule has 86 valence electrons. The first-order chi connectivity index (χ1) is 7.41. The molecular formula is C12H14Cl2N2. The SMILES string of the molecule is C=C(/C=C(\C)N(C)C)c1ccc(Cl)nc1Cl. The summed E-state index contributed by atoms with van der Waals surface area (Å²) in [7, 11) is 3.95. The molecule has 0 saturated heterocycles. The maximum Gasteiger partial charge on any atom is 0.138 e. The highest BCUT2D eigenvalue weighted by Crippen LogP contribution is 2.24. The number of halogens is 2. The summed E-state index contributed by atoms with van der Waals surface area (Å²) in [5.41, 5.74) is 2.71. The van der Waals surface area contributed by atoms with Gasteiger partial charge < -0.3 is 4.90 Å². The van der Waals surface area contributed by atoms with Crippen LogP contribution < -0.4 is 0 Å². The van der Waals surface area contributed by atoms with Gasteiger partial charge in [-0.05, 0) is 30.7 Å². The molecule has 0 aromatic carbocycles. The third-order valence-electron chi connectivity index (χ3n) is 2.25. The smallest absolute Gasteiger partial charge is 0.138 e. The lowest BCUT2D eigenvalue weighted by atomic mass is 10.1. The molecule has 0 spiro atoms. The molecule has 0 fully saturated rings. The third-order valence-corrected chi connectivity index (χ3v) is 2.75. The molecule has 16 heavy (non-hydrogen) atoms. The van der Waals surface area contributed by atoms with E-state index in [1.807, 2.05) is 38.1 Å².